The predicted molar refractivity (Wildman–Crippen MR) is 167 cm³/mol. The van der Waals surface area contributed by atoms with Gasteiger partial charge in [-0.2, -0.15) is 0 Å². The van der Waals surface area contributed by atoms with E-state index < -0.39 is 0 Å². The highest BCUT2D eigenvalue weighted by atomic mass is 16.5. The largest absolute Gasteiger partial charge is 0.379 e. The number of anilines is 2. The van der Waals surface area contributed by atoms with Crippen molar-refractivity contribution in [1.29, 1.82) is 0 Å². The SMILES string of the molecule is c1ccc2c(c1)nc1n2CN(CCN2CCOCC2)CN1CN1CN(CCN2CCOCC2)Cn2c1nc1ccccc12. The maximum absolute atomic E-state index is 5.59. The average molecular weight is 587 g/mol. The smallest absolute Gasteiger partial charge is 0.210 e. The number of fused-ring (bicyclic) bond motifs is 6. The highest BCUT2D eigenvalue weighted by molar-refractivity contribution is 5.80. The zero-order valence-corrected chi connectivity index (χ0v) is 24.9. The molecule has 4 aromatic rings. The average Bonchev–Trinajstić information content (AvgIpc) is 3.63. The predicted octanol–water partition coefficient (Wildman–Crippen LogP) is 1.78. The molecule has 2 fully saturated rings. The van der Waals surface area contributed by atoms with Gasteiger partial charge < -0.3 is 19.3 Å². The van der Waals surface area contributed by atoms with Gasteiger partial charge in [0.25, 0.3) is 0 Å². The number of hydrogen-bond donors (Lipinski definition) is 0. The molecule has 6 heterocycles. The maximum atomic E-state index is 5.59. The molecule has 2 saturated heterocycles. The third-order valence-corrected chi connectivity index (χ3v) is 9.27. The topological polar surface area (TPSA) is 73.5 Å². The lowest BCUT2D eigenvalue weighted by Gasteiger charge is -2.43. The summed E-state index contributed by atoms with van der Waals surface area (Å²) in [5, 5.41) is 0. The van der Waals surface area contributed by atoms with Crippen LogP contribution in [-0.2, 0) is 22.8 Å². The first-order valence-electron chi connectivity index (χ1n) is 15.7. The van der Waals surface area contributed by atoms with Crippen molar-refractivity contribution in [3.8, 4) is 0 Å². The van der Waals surface area contributed by atoms with Crippen LogP contribution in [0.3, 0.4) is 0 Å². The van der Waals surface area contributed by atoms with E-state index in [4.69, 9.17) is 19.4 Å². The molecular formula is C31H42N10O2. The van der Waals surface area contributed by atoms with Crippen LogP contribution in [0.1, 0.15) is 0 Å². The van der Waals surface area contributed by atoms with E-state index >= 15 is 0 Å². The Morgan fingerprint density at radius 2 is 0.930 bits per heavy atom. The molecule has 43 heavy (non-hydrogen) atoms. The van der Waals surface area contributed by atoms with Gasteiger partial charge in [-0.15, -0.1) is 0 Å². The number of para-hydroxylation sites is 4. The fourth-order valence-electron chi connectivity index (χ4n) is 6.91. The number of benzene rings is 2. The Morgan fingerprint density at radius 3 is 1.40 bits per heavy atom. The minimum atomic E-state index is 0.717. The van der Waals surface area contributed by atoms with Gasteiger partial charge in [0.15, 0.2) is 0 Å². The van der Waals surface area contributed by atoms with Crippen LogP contribution in [0.2, 0.25) is 0 Å². The van der Waals surface area contributed by atoms with Gasteiger partial charge in [0, 0.05) is 52.4 Å². The van der Waals surface area contributed by atoms with Gasteiger partial charge in [0.05, 0.1) is 81.8 Å². The Morgan fingerprint density at radius 1 is 0.512 bits per heavy atom. The Labute approximate surface area is 252 Å². The second-order valence-electron chi connectivity index (χ2n) is 12.1. The number of ether oxygens (including phenoxy) is 2. The lowest BCUT2D eigenvalue weighted by molar-refractivity contribution is 0.0304. The molecule has 0 radical (unpaired) electrons. The first-order valence-corrected chi connectivity index (χ1v) is 15.7. The second-order valence-corrected chi connectivity index (χ2v) is 12.1. The highest BCUT2D eigenvalue weighted by Gasteiger charge is 2.32. The lowest BCUT2D eigenvalue weighted by atomic mass is 10.3. The molecule has 2 aromatic carbocycles. The summed E-state index contributed by atoms with van der Waals surface area (Å²) in [7, 11) is 0. The number of aromatic nitrogens is 4. The van der Waals surface area contributed by atoms with Gasteiger partial charge in [-0.05, 0) is 24.3 Å². The summed E-state index contributed by atoms with van der Waals surface area (Å²) in [5.41, 5.74) is 4.49. The van der Waals surface area contributed by atoms with Crippen molar-refractivity contribution < 1.29 is 9.47 Å². The van der Waals surface area contributed by atoms with E-state index in [1.165, 1.54) is 11.0 Å². The van der Waals surface area contributed by atoms with Gasteiger partial charge in [-0.3, -0.25) is 28.7 Å². The molecule has 0 N–H and O–H groups in total. The monoisotopic (exact) mass is 586 g/mol. The fourth-order valence-corrected chi connectivity index (χ4v) is 6.91. The van der Waals surface area contributed by atoms with Crippen molar-refractivity contribution in [3.05, 3.63) is 48.5 Å². The molecule has 0 saturated carbocycles. The normalized spacial score (nSPS) is 21.1. The van der Waals surface area contributed by atoms with Crippen LogP contribution in [-0.4, -0.2) is 137 Å². The molecule has 12 nitrogen and oxygen atoms in total. The van der Waals surface area contributed by atoms with E-state index in [-0.39, 0.29) is 0 Å². The third-order valence-electron chi connectivity index (χ3n) is 9.27. The molecule has 2 aromatic heterocycles. The van der Waals surface area contributed by atoms with E-state index in [2.05, 4.69) is 87.1 Å². The van der Waals surface area contributed by atoms with Crippen LogP contribution in [0, 0.1) is 0 Å². The zero-order valence-electron chi connectivity index (χ0n) is 24.9. The highest BCUT2D eigenvalue weighted by Crippen LogP contribution is 2.31. The molecule has 0 bridgehead atoms. The summed E-state index contributed by atoms with van der Waals surface area (Å²) >= 11 is 0. The van der Waals surface area contributed by atoms with Gasteiger partial charge >= 0.3 is 0 Å². The summed E-state index contributed by atoms with van der Waals surface area (Å²) in [6, 6.07) is 17.1. The molecule has 4 aliphatic rings. The van der Waals surface area contributed by atoms with Crippen molar-refractivity contribution in [2.24, 2.45) is 0 Å². The lowest BCUT2D eigenvalue weighted by Crippen LogP contribution is -2.55. The van der Waals surface area contributed by atoms with Gasteiger partial charge in [0.1, 0.15) is 0 Å². The van der Waals surface area contributed by atoms with Crippen LogP contribution in [0.5, 0.6) is 0 Å². The van der Waals surface area contributed by atoms with Crippen LogP contribution in [0.15, 0.2) is 48.5 Å². The molecule has 0 spiro atoms. The Bertz CT molecular complexity index is 1430. The number of hydrogen-bond acceptors (Lipinski definition) is 10. The molecule has 8 rings (SSSR count). The summed E-state index contributed by atoms with van der Waals surface area (Å²) < 4.78 is 16.0. The summed E-state index contributed by atoms with van der Waals surface area (Å²) in [5.74, 6) is 2.08. The standard InChI is InChI=1S/C31H42N10O2/c1-3-7-28-26(5-1)32-30-38(21-36(23-40(28)30)11-9-34-13-17-42-18-14-34)25-39-22-37(12-10-35-15-19-43-20-16-35)24-41-29-8-4-2-6-27(29)33-31(39)41/h1-8H,9-25H2. The molecule has 0 aliphatic carbocycles. The van der Waals surface area contributed by atoms with E-state index in [0.29, 0.717) is 0 Å². The van der Waals surface area contributed by atoms with Crippen LogP contribution in [0.4, 0.5) is 11.9 Å². The minimum absolute atomic E-state index is 0.717. The number of imidazole rings is 2. The Kier molecular flexibility index (Phi) is 7.63. The van der Waals surface area contributed by atoms with E-state index in [1.807, 2.05) is 0 Å². The molecule has 4 aliphatic heterocycles. The van der Waals surface area contributed by atoms with Gasteiger partial charge in [0.2, 0.25) is 11.9 Å². The van der Waals surface area contributed by atoms with E-state index in [1.54, 1.807) is 0 Å². The first kappa shape index (κ1) is 27.3. The Hall–Kier alpha value is -3.26. The summed E-state index contributed by atoms with van der Waals surface area (Å²) in [6.45, 7) is 15.6. The van der Waals surface area contributed by atoms with Gasteiger partial charge in [-0.1, -0.05) is 24.3 Å². The quantitative estimate of drug-likeness (QED) is 0.305. The maximum Gasteiger partial charge on any atom is 0.210 e. The number of morpholine rings is 2. The molecule has 0 atom stereocenters. The zero-order chi connectivity index (χ0) is 28.6. The Balaban J connectivity index is 1.07. The summed E-state index contributed by atoms with van der Waals surface area (Å²) in [6.07, 6.45) is 0. The van der Waals surface area contributed by atoms with Crippen LogP contribution < -0.4 is 9.80 Å². The third kappa shape index (κ3) is 5.59. The van der Waals surface area contributed by atoms with E-state index in [0.717, 1.165) is 135 Å². The second kappa shape index (κ2) is 12.0. The number of rotatable bonds is 8. The molecule has 12 heteroatoms. The van der Waals surface area contributed by atoms with Gasteiger partial charge in [-0.25, -0.2) is 9.97 Å². The molecular weight excluding hydrogens is 544 g/mol. The van der Waals surface area contributed by atoms with Crippen molar-refractivity contribution >= 4 is 34.0 Å². The van der Waals surface area contributed by atoms with E-state index in [9.17, 15) is 0 Å². The van der Waals surface area contributed by atoms with Crippen LogP contribution >= 0.6 is 0 Å². The molecule has 0 amide bonds. The van der Waals surface area contributed by atoms with Crippen molar-refractivity contribution in [2.75, 3.05) is 109 Å². The van der Waals surface area contributed by atoms with Crippen LogP contribution in [0.25, 0.3) is 22.1 Å². The molecule has 228 valence electrons. The number of nitrogens with zero attached hydrogens (tertiary/aromatic N) is 10. The summed E-state index contributed by atoms with van der Waals surface area (Å²) in [4.78, 5) is 25.3. The van der Waals surface area contributed by atoms with Crippen molar-refractivity contribution in [1.82, 2.24) is 38.7 Å². The van der Waals surface area contributed by atoms with Crippen molar-refractivity contribution in [2.45, 2.75) is 13.3 Å². The fraction of sp³-hybridized carbons (Fsp3) is 0.548. The first-order chi connectivity index (χ1) is 21.3. The molecule has 0 unspecified atom stereocenters. The minimum Gasteiger partial charge on any atom is -0.379 e. The van der Waals surface area contributed by atoms with Crippen molar-refractivity contribution in [3.63, 3.8) is 0 Å².